The number of nitrogens with zero attached hydrogens (tertiary/aromatic N) is 1. The zero-order valence-corrected chi connectivity index (χ0v) is 14.1. The number of rotatable bonds is 4. The highest BCUT2D eigenvalue weighted by atomic mass is 19.1. The molecule has 2 fully saturated rings. The predicted molar refractivity (Wildman–Crippen MR) is 88.4 cm³/mol. The smallest absolute Gasteiger partial charge is 0.337 e. The summed E-state index contributed by atoms with van der Waals surface area (Å²) in [6, 6.07) is 3.97. The zero-order valence-electron chi connectivity index (χ0n) is 14.1. The molecule has 1 aromatic rings. The van der Waals surface area contributed by atoms with Gasteiger partial charge in [0.05, 0.1) is 24.3 Å². The summed E-state index contributed by atoms with van der Waals surface area (Å²) in [6.45, 7) is 0.386. The van der Waals surface area contributed by atoms with E-state index in [1.807, 2.05) is 0 Å². The molecule has 3 rings (SSSR count). The number of ether oxygens (including phenoxy) is 1. The molecule has 0 unspecified atom stereocenters. The van der Waals surface area contributed by atoms with Crippen LogP contribution in [0.4, 0.5) is 10.1 Å². The van der Waals surface area contributed by atoms with Crippen molar-refractivity contribution in [1.82, 2.24) is 4.90 Å². The van der Waals surface area contributed by atoms with Crippen LogP contribution in [0.15, 0.2) is 18.2 Å². The Morgan fingerprint density at radius 2 is 2.00 bits per heavy atom. The molecule has 7 heteroatoms. The van der Waals surface area contributed by atoms with Gasteiger partial charge < -0.3 is 15.0 Å². The number of methoxy groups -OCH3 is 1. The van der Waals surface area contributed by atoms with E-state index in [0.29, 0.717) is 6.54 Å². The molecular weight excluding hydrogens is 327 g/mol. The molecule has 2 amide bonds. The van der Waals surface area contributed by atoms with Crippen molar-refractivity contribution in [3.63, 3.8) is 0 Å². The minimum atomic E-state index is -0.715. The number of likely N-dealkylation sites (tertiary alicyclic amines) is 1. The molecule has 1 aromatic carbocycles. The van der Waals surface area contributed by atoms with Gasteiger partial charge >= 0.3 is 5.97 Å². The fourth-order valence-corrected chi connectivity index (χ4v) is 3.57. The Bertz CT molecular complexity index is 700. The molecule has 1 aliphatic heterocycles. The van der Waals surface area contributed by atoms with E-state index >= 15 is 0 Å². The van der Waals surface area contributed by atoms with Crippen LogP contribution in [0.3, 0.4) is 0 Å². The van der Waals surface area contributed by atoms with Gasteiger partial charge in [0.2, 0.25) is 11.8 Å². The molecule has 134 valence electrons. The van der Waals surface area contributed by atoms with Crippen LogP contribution in [-0.2, 0) is 14.3 Å². The first-order valence-corrected chi connectivity index (χ1v) is 8.48. The van der Waals surface area contributed by atoms with Gasteiger partial charge in [0.15, 0.2) is 0 Å². The minimum absolute atomic E-state index is 0.00596. The number of nitrogens with one attached hydrogen (secondary N) is 1. The number of esters is 1. The van der Waals surface area contributed by atoms with Crippen molar-refractivity contribution >= 4 is 23.5 Å². The van der Waals surface area contributed by atoms with Crippen molar-refractivity contribution in [2.45, 2.75) is 38.1 Å². The maximum atomic E-state index is 14.1. The Balaban J connectivity index is 1.64. The molecule has 1 N–H and O–H groups in total. The molecule has 0 bridgehead atoms. The summed E-state index contributed by atoms with van der Waals surface area (Å²) in [6.07, 6.45) is 4.36. The number of benzene rings is 1. The van der Waals surface area contributed by atoms with Gasteiger partial charge in [0, 0.05) is 19.0 Å². The molecule has 1 heterocycles. The number of anilines is 1. The molecule has 0 radical (unpaired) electrons. The fourth-order valence-electron chi connectivity index (χ4n) is 3.57. The summed E-state index contributed by atoms with van der Waals surface area (Å²) in [7, 11) is 1.21. The van der Waals surface area contributed by atoms with E-state index in [-0.39, 0.29) is 35.5 Å². The normalized spacial score (nSPS) is 20.8. The van der Waals surface area contributed by atoms with Gasteiger partial charge in [0.1, 0.15) is 5.82 Å². The Kier molecular flexibility index (Phi) is 5.01. The van der Waals surface area contributed by atoms with Crippen LogP contribution in [-0.4, -0.2) is 42.4 Å². The predicted octanol–water partition coefficient (Wildman–Crippen LogP) is 2.34. The standard InChI is InChI=1S/C18H21FN2O4/c1-25-18(24)11-6-7-15(14(19)8-11)20-17(23)12-9-16(22)21(10-12)13-4-2-3-5-13/h6-8,12-13H,2-5,9-10H2,1H3,(H,20,23)/t12-/m0/s1. The lowest BCUT2D eigenvalue weighted by atomic mass is 10.1. The number of carbonyl (C=O) groups is 3. The van der Waals surface area contributed by atoms with E-state index in [2.05, 4.69) is 10.1 Å². The lowest BCUT2D eigenvalue weighted by Gasteiger charge is -2.23. The van der Waals surface area contributed by atoms with Gasteiger partial charge in [0.25, 0.3) is 0 Å². The van der Waals surface area contributed by atoms with E-state index in [0.717, 1.165) is 31.7 Å². The fraction of sp³-hybridized carbons (Fsp3) is 0.500. The summed E-state index contributed by atoms with van der Waals surface area (Å²) in [4.78, 5) is 37.8. The van der Waals surface area contributed by atoms with Crippen LogP contribution in [0.5, 0.6) is 0 Å². The topological polar surface area (TPSA) is 75.7 Å². The third kappa shape index (κ3) is 3.65. The second-order valence-electron chi connectivity index (χ2n) is 6.56. The number of hydrogen-bond acceptors (Lipinski definition) is 4. The average Bonchev–Trinajstić information content (AvgIpc) is 3.25. The molecule has 0 aromatic heterocycles. The Hall–Kier alpha value is -2.44. The van der Waals surface area contributed by atoms with Gasteiger partial charge in [-0.2, -0.15) is 0 Å². The summed E-state index contributed by atoms with van der Waals surface area (Å²) in [5.41, 5.74) is 0.0610. The van der Waals surface area contributed by atoms with Crippen LogP contribution in [0.2, 0.25) is 0 Å². The third-order valence-corrected chi connectivity index (χ3v) is 4.94. The van der Waals surface area contributed by atoms with Gasteiger partial charge in [-0.1, -0.05) is 12.8 Å². The molecule has 2 aliphatic rings. The van der Waals surface area contributed by atoms with E-state index in [1.165, 1.54) is 19.2 Å². The van der Waals surface area contributed by atoms with Crippen molar-refractivity contribution < 1.29 is 23.5 Å². The minimum Gasteiger partial charge on any atom is -0.465 e. The van der Waals surface area contributed by atoms with E-state index in [9.17, 15) is 18.8 Å². The molecule has 1 saturated heterocycles. The summed E-state index contributed by atoms with van der Waals surface area (Å²) < 4.78 is 18.6. The van der Waals surface area contributed by atoms with E-state index in [4.69, 9.17) is 0 Å². The Morgan fingerprint density at radius 1 is 1.28 bits per heavy atom. The molecule has 1 aliphatic carbocycles. The molecule has 6 nitrogen and oxygen atoms in total. The van der Waals surface area contributed by atoms with Crippen LogP contribution in [0, 0.1) is 11.7 Å². The van der Waals surface area contributed by atoms with Crippen molar-refractivity contribution in [3.8, 4) is 0 Å². The molecule has 0 spiro atoms. The van der Waals surface area contributed by atoms with Gasteiger partial charge in [-0.15, -0.1) is 0 Å². The second kappa shape index (κ2) is 7.21. The molecule has 1 saturated carbocycles. The number of carbonyl (C=O) groups excluding carboxylic acids is 3. The first kappa shape index (κ1) is 17.4. The molecule has 25 heavy (non-hydrogen) atoms. The second-order valence-corrected chi connectivity index (χ2v) is 6.56. The quantitative estimate of drug-likeness (QED) is 0.848. The Labute approximate surface area is 145 Å². The third-order valence-electron chi connectivity index (χ3n) is 4.94. The van der Waals surface area contributed by atoms with Crippen molar-refractivity contribution in [2.24, 2.45) is 5.92 Å². The molecule has 1 atom stereocenters. The van der Waals surface area contributed by atoms with Gasteiger partial charge in [-0.25, -0.2) is 9.18 Å². The van der Waals surface area contributed by atoms with Crippen molar-refractivity contribution in [3.05, 3.63) is 29.6 Å². The first-order valence-electron chi connectivity index (χ1n) is 8.48. The van der Waals surface area contributed by atoms with Crippen molar-refractivity contribution in [2.75, 3.05) is 19.0 Å². The largest absolute Gasteiger partial charge is 0.465 e. The van der Waals surface area contributed by atoms with Gasteiger partial charge in [-0.3, -0.25) is 9.59 Å². The monoisotopic (exact) mass is 348 g/mol. The van der Waals surface area contributed by atoms with Crippen LogP contribution >= 0.6 is 0 Å². The highest BCUT2D eigenvalue weighted by molar-refractivity contribution is 5.98. The molecular formula is C18H21FN2O4. The number of halogens is 1. The SMILES string of the molecule is COC(=O)c1ccc(NC(=O)[C@H]2CC(=O)N(C3CCCC3)C2)c(F)c1. The number of amides is 2. The van der Waals surface area contributed by atoms with E-state index in [1.54, 1.807) is 4.90 Å². The van der Waals surface area contributed by atoms with Gasteiger partial charge in [-0.05, 0) is 31.0 Å². The van der Waals surface area contributed by atoms with Crippen LogP contribution in [0.25, 0.3) is 0 Å². The highest BCUT2D eigenvalue weighted by Crippen LogP contribution is 2.30. The maximum Gasteiger partial charge on any atom is 0.337 e. The summed E-state index contributed by atoms with van der Waals surface area (Å²) in [5, 5.41) is 2.52. The average molecular weight is 348 g/mol. The highest BCUT2D eigenvalue weighted by Gasteiger charge is 2.38. The van der Waals surface area contributed by atoms with Crippen molar-refractivity contribution in [1.29, 1.82) is 0 Å². The van der Waals surface area contributed by atoms with Crippen LogP contribution < -0.4 is 5.32 Å². The van der Waals surface area contributed by atoms with Crippen LogP contribution in [0.1, 0.15) is 42.5 Å². The maximum absolute atomic E-state index is 14.1. The summed E-state index contributed by atoms with van der Waals surface area (Å²) >= 11 is 0. The first-order chi connectivity index (χ1) is 12.0. The van der Waals surface area contributed by atoms with E-state index < -0.39 is 17.7 Å². The zero-order chi connectivity index (χ0) is 18.0. The summed E-state index contributed by atoms with van der Waals surface area (Å²) in [5.74, 6) is -2.22. The lowest BCUT2D eigenvalue weighted by molar-refractivity contribution is -0.129. The Morgan fingerprint density at radius 3 is 2.64 bits per heavy atom. The lowest BCUT2D eigenvalue weighted by Crippen LogP contribution is -2.35. The number of hydrogen-bond donors (Lipinski definition) is 1.